The predicted octanol–water partition coefficient (Wildman–Crippen LogP) is 0.911. The minimum absolute atomic E-state index is 0.175. The van der Waals surface area contributed by atoms with Gasteiger partial charge in [0, 0.05) is 19.0 Å². The van der Waals surface area contributed by atoms with Crippen LogP contribution >= 0.6 is 0 Å². The Bertz CT molecular complexity index is 203. The van der Waals surface area contributed by atoms with E-state index in [0.29, 0.717) is 12.1 Å². The van der Waals surface area contributed by atoms with Gasteiger partial charge in [0.05, 0.1) is 6.10 Å². The van der Waals surface area contributed by atoms with Crippen LogP contribution < -0.4 is 0 Å². The number of aliphatic hydroxyl groups is 1. The number of carbonyl (C=O) groups is 1. The fourth-order valence-electron chi connectivity index (χ4n) is 2.87. The van der Waals surface area contributed by atoms with Crippen molar-refractivity contribution in [2.45, 2.75) is 57.2 Å². The fourth-order valence-corrected chi connectivity index (χ4v) is 2.87. The van der Waals surface area contributed by atoms with Crippen LogP contribution in [0.5, 0.6) is 0 Å². The van der Waals surface area contributed by atoms with E-state index >= 15 is 0 Å². The van der Waals surface area contributed by atoms with Gasteiger partial charge >= 0.3 is 0 Å². The Morgan fingerprint density at radius 2 is 1.85 bits per heavy atom. The zero-order chi connectivity index (χ0) is 9.42. The zero-order valence-electron chi connectivity index (χ0n) is 8.07. The summed E-state index contributed by atoms with van der Waals surface area (Å²) in [4.78, 5) is 13.4. The van der Waals surface area contributed by atoms with Crippen molar-refractivity contribution in [3.63, 3.8) is 0 Å². The Balaban J connectivity index is 2.14. The lowest BCUT2D eigenvalue weighted by molar-refractivity contribution is -0.141. The van der Waals surface area contributed by atoms with E-state index in [9.17, 15) is 9.90 Å². The average molecular weight is 183 g/mol. The van der Waals surface area contributed by atoms with E-state index in [0.717, 1.165) is 25.7 Å². The van der Waals surface area contributed by atoms with Crippen molar-refractivity contribution in [2.24, 2.45) is 0 Å². The van der Waals surface area contributed by atoms with Crippen molar-refractivity contribution in [3.05, 3.63) is 0 Å². The summed E-state index contributed by atoms with van der Waals surface area (Å²) < 4.78 is 0. The summed E-state index contributed by atoms with van der Waals surface area (Å²) in [6.07, 6.45) is 4.77. The molecule has 0 aromatic rings. The number of nitrogens with zero attached hydrogens (tertiary/aromatic N) is 1. The van der Waals surface area contributed by atoms with E-state index in [-0.39, 0.29) is 12.0 Å². The first-order valence-corrected chi connectivity index (χ1v) is 5.15. The first-order chi connectivity index (χ1) is 6.18. The van der Waals surface area contributed by atoms with Crippen LogP contribution in [0.15, 0.2) is 0 Å². The van der Waals surface area contributed by atoms with Crippen LogP contribution in [0.2, 0.25) is 0 Å². The second-order valence-electron chi connectivity index (χ2n) is 4.29. The molecule has 0 saturated carbocycles. The number of hydrogen-bond donors (Lipinski definition) is 1. The highest BCUT2D eigenvalue weighted by Gasteiger charge is 2.38. The predicted molar refractivity (Wildman–Crippen MR) is 49.2 cm³/mol. The van der Waals surface area contributed by atoms with Crippen molar-refractivity contribution >= 4 is 5.91 Å². The number of amides is 1. The Kier molecular flexibility index (Phi) is 2.28. The largest absolute Gasteiger partial charge is 0.393 e. The van der Waals surface area contributed by atoms with Crippen LogP contribution in [0.1, 0.15) is 39.0 Å². The van der Waals surface area contributed by atoms with Gasteiger partial charge in [0.1, 0.15) is 0 Å². The van der Waals surface area contributed by atoms with Crippen molar-refractivity contribution < 1.29 is 9.90 Å². The number of piperidine rings is 2. The third kappa shape index (κ3) is 1.57. The van der Waals surface area contributed by atoms with E-state index in [1.807, 2.05) is 4.90 Å². The molecule has 2 atom stereocenters. The first-order valence-electron chi connectivity index (χ1n) is 5.15. The summed E-state index contributed by atoms with van der Waals surface area (Å²) in [5, 5.41) is 9.58. The standard InChI is InChI=1S/C10H17NO2/c1-7(12)11-8-3-2-4-9(11)6-10(13)5-8/h8-10,13H,2-6H2,1H3/t8-,9-/m0/s1. The molecule has 2 aliphatic heterocycles. The molecule has 74 valence electrons. The monoisotopic (exact) mass is 183 g/mol. The second kappa shape index (κ2) is 3.29. The number of aliphatic hydroxyl groups excluding tert-OH is 1. The molecule has 3 heteroatoms. The lowest BCUT2D eigenvalue weighted by Gasteiger charge is -2.47. The van der Waals surface area contributed by atoms with Gasteiger partial charge in [0.2, 0.25) is 5.91 Å². The van der Waals surface area contributed by atoms with Crippen LogP contribution in [0.25, 0.3) is 0 Å². The molecule has 2 heterocycles. The number of fused-ring (bicyclic) bond motifs is 2. The summed E-state index contributed by atoms with van der Waals surface area (Å²) in [5.41, 5.74) is 0. The molecule has 0 radical (unpaired) electrons. The Labute approximate surface area is 78.7 Å². The summed E-state index contributed by atoms with van der Waals surface area (Å²) in [7, 11) is 0. The third-order valence-corrected chi connectivity index (χ3v) is 3.31. The van der Waals surface area contributed by atoms with Gasteiger partial charge in [-0.05, 0) is 32.1 Å². The molecule has 1 amide bonds. The minimum Gasteiger partial charge on any atom is -0.393 e. The zero-order valence-corrected chi connectivity index (χ0v) is 8.07. The fraction of sp³-hybridized carbons (Fsp3) is 0.900. The molecule has 0 aliphatic carbocycles. The lowest BCUT2D eigenvalue weighted by atomic mass is 9.83. The van der Waals surface area contributed by atoms with Crippen LogP contribution in [0.4, 0.5) is 0 Å². The maximum Gasteiger partial charge on any atom is 0.219 e. The normalized spacial score (nSPS) is 38.9. The van der Waals surface area contributed by atoms with Gasteiger partial charge in [-0.1, -0.05) is 0 Å². The summed E-state index contributed by atoms with van der Waals surface area (Å²) in [5.74, 6) is 0.182. The SMILES string of the molecule is CC(=O)N1[C@H]2CCC[C@H]1CC(O)C2. The second-order valence-corrected chi connectivity index (χ2v) is 4.29. The number of rotatable bonds is 0. The molecule has 2 fully saturated rings. The highest BCUT2D eigenvalue weighted by Crippen LogP contribution is 2.33. The summed E-state index contributed by atoms with van der Waals surface area (Å²) in [6.45, 7) is 1.64. The van der Waals surface area contributed by atoms with E-state index in [2.05, 4.69) is 0 Å². The molecular weight excluding hydrogens is 166 g/mol. The Hall–Kier alpha value is -0.570. The van der Waals surface area contributed by atoms with Crippen molar-refractivity contribution in [1.82, 2.24) is 4.90 Å². The quantitative estimate of drug-likeness (QED) is 0.606. The first kappa shape index (κ1) is 9.00. The molecule has 2 saturated heterocycles. The van der Waals surface area contributed by atoms with Crippen molar-refractivity contribution in [3.8, 4) is 0 Å². The number of carbonyl (C=O) groups excluding carboxylic acids is 1. The van der Waals surface area contributed by atoms with Gasteiger partial charge in [-0.15, -0.1) is 0 Å². The molecule has 0 aromatic heterocycles. The van der Waals surface area contributed by atoms with Crippen LogP contribution in [-0.2, 0) is 4.79 Å². The van der Waals surface area contributed by atoms with E-state index in [1.54, 1.807) is 6.92 Å². The topological polar surface area (TPSA) is 40.5 Å². The molecule has 13 heavy (non-hydrogen) atoms. The van der Waals surface area contributed by atoms with Gasteiger partial charge in [-0.2, -0.15) is 0 Å². The van der Waals surface area contributed by atoms with Crippen LogP contribution in [0.3, 0.4) is 0 Å². The highest BCUT2D eigenvalue weighted by atomic mass is 16.3. The van der Waals surface area contributed by atoms with Crippen LogP contribution in [0, 0.1) is 0 Å². The third-order valence-electron chi connectivity index (χ3n) is 3.31. The van der Waals surface area contributed by atoms with Gasteiger partial charge in [0.15, 0.2) is 0 Å². The van der Waals surface area contributed by atoms with Crippen molar-refractivity contribution in [2.75, 3.05) is 0 Å². The highest BCUT2D eigenvalue weighted by molar-refractivity contribution is 5.74. The lowest BCUT2D eigenvalue weighted by Crippen LogP contribution is -2.55. The molecular formula is C10H17NO2. The van der Waals surface area contributed by atoms with E-state index in [1.165, 1.54) is 6.42 Å². The molecule has 0 aromatic carbocycles. The van der Waals surface area contributed by atoms with Crippen LogP contribution in [-0.4, -0.2) is 34.1 Å². The molecule has 2 bridgehead atoms. The average Bonchev–Trinajstić information content (AvgIpc) is 2.01. The van der Waals surface area contributed by atoms with E-state index < -0.39 is 0 Å². The summed E-state index contributed by atoms with van der Waals surface area (Å²) >= 11 is 0. The van der Waals surface area contributed by atoms with Gasteiger partial charge < -0.3 is 10.0 Å². The minimum atomic E-state index is -0.175. The smallest absolute Gasteiger partial charge is 0.219 e. The van der Waals surface area contributed by atoms with Gasteiger partial charge in [0.25, 0.3) is 0 Å². The van der Waals surface area contributed by atoms with Gasteiger partial charge in [-0.25, -0.2) is 0 Å². The maximum atomic E-state index is 11.4. The number of hydrogen-bond acceptors (Lipinski definition) is 2. The molecule has 3 nitrogen and oxygen atoms in total. The van der Waals surface area contributed by atoms with Gasteiger partial charge in [-0.3, -0.25) is 4.79 Å². The maximum absolute atomic E-state index is 11.4. The summed E-state index contributed by atoms with van der Waals surface area (Å²) in [6, 6.07) is 0.639. The molecule has 2 aliphatic rings. The Morgan fingerprint density at radius 1 is 1.31 bits per heavy atom. The Morgan fingerprint density at radius 3 is 2.31 bits per heavy atom. The molecule has 1 N–H and O–H groups in total. The molecule has 0 spiro atoms. The molecule has 2 rings (SSSR count). The van der Waals surface area contributed by atoms with E-state index in [4.69, 9.17) is 0 Å². The van der Waals surface area contributed by atoms with Crippen molar-refractivity contribution in [1.29, 1.82) is 0 Å². The molecule has 0 unspecified atom stereocenters.